The van der Waals surface area contributed by atoms with Crippen molar-refractivity contribution in [3.8, 4) is 12.3 Å². The molecule has 2 nitrogen and oxygen atoms in total. The Balaban J connectivity index is 2.36. The summed E-state index contributed by atoms with van der Waals surface area (Å²) in [4.78, 5) is 3.98. The maximum absolute atomic E-state index is 5.27. The Morgan fingerprint density at radius 1 is 1.50 bits per heavy atom. The molecule has 1 atom stereocenters. The predicted molar refractivity (Wildman–Crippen MR) is 58.9 cm³/mol. The molecule has 1 rings (SSSR count). The van der Waals surface area contributed by atoms with Crippen LogP contribution < -0.4 is 5.32 Å². The van der Waals surface area contributed by atoms with Crippen molar-refractivity contribution in [3.63, 3.8) is 0 Å². The van der Waals surface area contributed by atoms with E-state index in [-0.39, 0.29) is 0 Å². The van der Waals surface area contributed by atoms with E-state index < -0.39 is 0 Å². The lowest BCUT2D eigenvalue weighted by Gasteiger charge is -2.12. The summed E-state index contributed by atoms with van der Waals surface area (Å²) in [6.07, 6.45) is 11.8. The molecule has 1 heterocycles. The first kappa shape index (κ1) is 10.7. The van der Waals surface area contributed by atoms with Crippen molar-refractivity contribution in [2.75, 3.05) is 7.05 Å². The first-order valence-electron chi connectivity index (χ1n) is 4.86. The highest BCUT2D eigenvalue weighted by atomic mass is 14.9. The molecule has 1 unspecified atom stereocenters. The molecule has 1 aromatic rings. The van der Waals surface area contributed by atoms with Gasteiger partial charge in [0.05, 0.1) is 0 Å². The topological polar surface area (TPSA) is 24.9 Å². The van der Waals surface area contributed by atoms with Crippen LogP contribution in [0.5, 0.6) is 0 Å². The molecule has 0 amide bonds. The minimum Gasteiger partial charge on any atom is -0.316 e. The van der Waals surface area contributed by atoms with Gasteiger partial charge in [0, 0.05) is 24.9 Å². The van der Waals surface area contributed by atoms with Crippen molar-refractivity contribution in [2.24, 2.45) is 0 Å². The molecule has 0 saturated carbocycles. The van der Waals surface area contributed by atoms with Gasteiger partial charge in [-0.25, -0.2) is 0 Å². The summed E-state index contributed by atoms with van der Waals surface area (Å²) in [5.74, 6) is 2.68. The standard InChI is InChI=1S/C12H16N2/c1-3-4-12(13-2)6-5-11-7-9-14-10-8-11/h1,7-10,12-13H,4-6H2,2H3. The Morgan fingerprint density at radius 2 is 2.21 bits per heavy atom. The Morgan fingerprint density at radius 3 is 2.79 bits per heavy atom. The van der Waals surface area contributed by atoms with E-state index in [0.717, 1.165) is 19.3 Å². The van der Waals surface area contributed by atoms with E-state index in [0.29, 0.717) is 6.04 Å². The van der Waals surface area contributed by atoms with Gasteiger partial charge in [0.1, 0.15) is 0 Å². The zero-order valence-electron chi connectivity index (χ0n) is 8.53. The van der Waals surface area contributed by atoms with Gasteiger partial charge in [0.15, 0.2) is 0 Å². The SMILES string of the molecule is C#CCC(CCc1ccncc1)NC. The fraction of sp³-hybridized carbons (Fsp3) is 0.417. The lowest BCUT2D eigenvalue weighted by atomic mass is 10.0. The van der Waals surface area contributed by atoms with Gasteiger partial charge >= 0.3 is 0 Å². The third kappa shape index (κ3) is 3.59. The van der Waals surface area contributed by atoms with Crippen LogP contribution in [0.3, 0.4) is 0 Å². The van der Waals surface area contributed by atoms with Crippen molar-refractivity contribution in [3.05, 3.63) is 30.1 Å². The summed E-state index contributed by atoms with van der Waals surface area (Å²) in [6.45, 7) is 0. The lowest BCUT2D eigenvalue weighted by molar-refractivity contribution is 0.534. The minimum absolute atomic E-state index is 0.424. The zero-order valence-corrected chi connectivity index (χ0v) is 8.53. The molecule has 0 radical (unpaired) electrons. The normalized spacial score (nSPS) is 12.0. The number of terminal acetylenes is 1. The van der Waals surface area contributed by atoms with Crippen LogP contribution in [0, 0.1) is 12.3 Å². The van der Waals surface area contributed by atoms with Gasteiger partial charge in [-0.3, -0.25) is 4.98 Å². The molecule has 0 aromatic carbocycles. The average molecular weight is 188 g/mol. The first-order chi connectivity index (χ1) is 6.86. The third-order valence-corrected chi connectivity index (χ3v) is 2.30. The molecule has 74 valence electrons. The lowest BCUT2D eigenvalue weighted by Crippen LogP contribution is -2.25. The molecule has 0 saturated heterocycles. The zero-order chi connectivity index (χ0) is 10.2. The Bertz CT molecular complexity index is 287. The number of rotatable bonds is 5. The van der Waals surface area contributed by atoms with E-state index in [9.17, 15) is 0 Å². The van der Waals surface area contributed by atoms with Gasteiger partial charge in [0.2, 0.25) is 0 Å². The van der Waals surface area contributed by atoms with E-state index in [4.69, 9.17) is 6.42 Å². The number of hydrogen-bond donors (Lipinski definition) is 1. The molecular weight excluding hydrogens is 172 g/mol. The van der Waals surface area contributed by atoms with Gasteiger partial charge in [-0.2, -0.15) is 0 Å². The van der Waals surface area contributed by atoms with Crippen LogP contribution in [0.2, 0.25) is 0 Å². The highest BCUT2D eigenvalue weighted by Crippen LogP contribution is 2.05. The smallest absolute Gasteiger partial charge is 0.0270 e. The quantitative estimate of drug-likeness (QED) is 0.710. The summed E-state index contributed by atoms with van der Waals surface area (Å²) in [5, 5.41) is 3.22. The fourth-order valence-electron chi connectivity index (χ4n) is 1.38. The Kier molecular flexibility index (Phi) is 4.74. The van der Waals surface area contributed by atoms with Gasteiger partial charge in [-0.15, -0.1) is 12.3 Å². The van der Waals surface area contributed by atoms with Crippen LogP contribution in [0.1, 0.15) is 18.4 Å². The molecule has 0 aliphatic rings. The summed E-state index contributed by atoms with van der Waals surface area (Å²) in [6, 6.07) is 4.51. The number of hydrogen-bond acceptors (Lipinski definition) is 2. The Labute approximate surface area is 85.8 Å². The number of nitrogens with one attached hydrogen (secondary N) is 1. The third-order valence-electron chi connectivity index (χ3n) is 2.30. The van der Waals surface area contributed by atoms with Crippen LogP contribution in [0.15, 0.2) is 24.5 Å². The van der Waals surface area contributed by atoms with Crippen molar-refractivity contribution >= 4 is 0 Å². The maximum atomic E-state index is 5.27. The maximum Gasteiger partial charge on any atom is 0.0270 e. The van der Waals surface area contributed by atoms with Crippen LogP contribution in [0.4, 0.5) is 0 Å². The van der Waals surface area contributed by atoms with E-state index in [2.05, 4.69) is 16.2 Å². The monoisotopic (exact) mass is 188 g/mol. The number of aryl methyl sites for hydroxylation is 1. The summed E-state index contributed by atoms with van der Waals surface area (Å²) in [7, 11) is 1.95. The molecular formula is C12H16N2. The van der Waals surface area contributed by atoms with Gasteiger partial charge < -0.3 is 5.32 Å². The molecule has 1 aromatic heterocycles. The molecule has 0 spiro atoms. The van der Waals surface area contributed by atoms with Crippen LogP contribution in [-0.2, 0) is 6.42 Å². The van der Waals surface area contributed by atoms with E-state index in [1.54, 1.807) is 0 Å². The van der Waals surface area contributed by atoms with Gasteiger partial charge in [0.25, 0.3) is 0 Å². The first-order valence-corrected chi connectivity index (χ1v) is 4.86. The highest BCUT2D eigenvalue weighted by molar-refractivity contribution is 5.10. The number of nitrogens with zero attached hydrogens (tertiary/aromatic N) is 1. The molecule has 2 heteroatoms. The predicted octanol–water partition coefficient (Wildman–Crippen LogP) is 1.63. The molecule has 14 heavy (non-hydrogen) atoms. The van der Waals surface area contributed by atoms with Crippen molar-refractivity contribution in [1.29, 1.82) is 0 Å². The van der Waals surface area contributed by atoms with E-state index in [1.807, 2.05) is 31.6 Å². The van der Waals surface area contributed by atoms with Crippen LogP contribution in [0.25, 0.3) is 0 Å². The minimum atomic E-state index is 0.424. The second-order valence-corrected chi connectivity index (χ2v) is 3.29. The number of aromatic nitrogens is 1. The second kappa shape index (κ2) is 6.17. The van der Waals surface area contributed by atoms with Gasteiger partial charge in [-0.1, -0.05) is 0 Å². The molecule has 0 fully saturated rings. The molecule has 0 bridgehead atoms. The largest absolute Gasteiger partial charge is 0.316 e. The summed E-state index contributed by atoms with van der Waals surface area (Å²) in [5.41, 5.74) is 1.32. The number of pyridine rings is 1. The van der Waals surface area contributed by atoms with E-state index in [1.165, 1.54) is 5.56 Å². The van der Waals surface area contributed by atoms with Crippen LogP contribution >= 0.6 is 0 Å². The second-order valence-electron chi connectivity index (χ2n) is 3.29. The molecule has 0 aliphatic carbocycles. The van der Waals surface area contributed by atoms with Crippen LogP contribution in [-0.4, -0.2) is 18.1 Å². The molecule has 1 N–H and O–H groups in total. The van der Waals surface area contributed by atoms with E-state index >= 15 is 0 Å². The van der Waals surface area contributed by atoms with Crippen molar-refractivity contribution in [1.82, 2.24) is 10.3 Å². The highest BCUT2D eigenvalue weighted by Gasteiger charge is 2.03. The average Bonchev–Trinajstić information content (AvgIpc) is 2.25. The Hall–Kier alpha value is -1.33. The van der Waals surface area contributed by atoms with Gasteiger partial charge in [-0.05, 0) is 37.6 Å². The molecule has 0 aliphatic heterocycles. The summed E-state index contributed by atoms with van der Waals surface area (Å²) >= 11 is 0. The fourth-order valence-corrected chi connectivity index (χ4v) is 1.38. The van der Waals surface area contributed by atoms with Crippen molar-refractivity contribution in [2.45, 2.75) is 25.3 Å². The van der Waals surface area contributed by atoms with Crippen molar-refractivity contribution < 1.29 is 0 Å². The summed E-state index contributed by atoms with van der Waals surface area (Å²) < 4.78 is 0.